The molecule has 1 aromatic carbocycles. The lowest BCUT2D eigenvalue weighted by Crippen LogP contribution is -2.51. The Morgan fingerprint density at radius 3 is 2.18 bits per heavy atom. The van der Waals surface area contributed by atoms with Gasteiger partial charge in [0.1, 0.15) is 5.82 Å². The third kappa shape index (κ3) is 3.69. The molecule has 150 valence electrons. The smallest absolute Gasteiger partial charge is 0.227 e. The van der Waals surface area contributed by atoms with E-state index in [1.165, 1.54) is 56.8 Å². The summed E-state index contributed by atoms with van der Waals surface area (Å²) in [6.45, 7) is 6.65. The first-order chi connectivity index (χ1) is 13.9. The zero-order valence-electron chi connectivity index (χ0n) is 17.0. The molecular formula is C23H33N5. The second-order valence-electron chi connectivity index (χ2n) is 8.73. The van der Waals surface area contributed by atoms with Crippen LogP contribution >= 0.6 is 0 Å². The summed E-state index contributed by atoms with van der Waals surface area (Å²) in [4.78, 5) is 17.7. The van der Waals surface area contributed by atoms with Crippen LogP contribution in [0.1, 0.15) is 51.4 Å². The molecule has 2 aliphatic heterocycles. The Labute approximate surface area is 168 Å². The summed E-state index contributed by atoms with van der Waals surface area (Å²) in [7, 11) is 0. The second kappa shape index (κ2) is 8.24. The van der Waals surface area contributed by atoms with Crippen molar-refractivity contribution in [2.45, 2.75) is 57.4 Å². The molecule has 0 atom stereocenters. The normalized spacial score (nSPS) is 22.7. The summed E-state index contributed by atoms with van der Waals surface area (Å²) in [6.07, 6.45) is 10.9. The highest BCUT2D eigenvalue weighted by molar-refractivity contribution is 5.90. The minimum absolute atomic E-state index is 0.817. The molecule has 0 bridgehead atoms. The van der Waals surface area contributed by atoms with Crippen molar-refractivity contribution in [1.82, 2.24) is 14.9 Å². The molecular weight excluding hydrogens is 346 g/mol. The van der Waals surface area contributed by atoms with Gasteiger partial charge in [0.15, 0.2) is 0 Å². The maximum absolute atomic E-state index is 5.11. The van der Waals surface area contributed by atoms with Crippen molar-refractivity contribution in [2.24, 2.45) is 0 Å². The number of para-hydroxylation sites is 1. The van der Waals surface area contributed by atoms with Crippen molar-refractivity contribution in [1.29, 1.82) is 0 Å². The molecule has 0 unspecified atom stereocenters. The van der Waals surface area contributed by atoms with Gasteiger partial charge in [-0.05, 0) is 44.2 Å². The van der Waals surface area contributed by atoms with Gasteiger partial charge in [0.25, 0.3) is 0 Å². The van der Waals surface area contributed by atoms with Crippen LogP contribution in [-0.4, -0.2) is 60.2 Å². The van der Waals surface area contributed by atoms with Crippen molar-refractivity contribution in [2.75, 3.05) is 49.1 Å². The van der Waals surface area contributed by atoms with Crippen LogP contribution < -0.4 is 9.80 Å². The van der Waals surface area contributed by atoms with Crippen molar-refractivity contribution < 1.29 is 0 Å². The number of benzene rings is 1. The Kier molecular flexibility index (Phi) is 5.34. The zero-order valence-corrected chi connectivity index (χ0v) is 17.0. The predicted molar refractivity (Wildman–Crippen MR) is 116 cm³/mol. The SMILES string of the molecule is c1ccc2c(N3CCCCC3)nc(N3CCN(C4CCCCC4)CC3)nc2c1. The van der Waals surface area contributed by atoms with Gasteiger partial charge in [-0.3, -0.25) is 4.90 Å². The fourth-order valence-corrected chi connectivity index (χ4v) is 5.27. The fraction of sp³-hybridized carbons (Fsp3) is 0.652. The maximum Gasteiger partial charge on any atom is 0.227 e. The molecule has 3 aliphatic rings. The van der Waals surface area contributed by atoms with Gasteiger partial charge < -0.3 is 9.80 Å². The first-order valence-corrected chi connectivity index (χ1v) is 11.4. The summed E-state index contributed by atoms with van der Waals surface area (Å²) in [5.41, 5.74) is 1.09. The fourth-order valence-electron chi connectivity index (χ4n) is 5.27. The van der Waals surface area contributed by atoms with Gasteiger partial charge in [-0.15, -0.1) is 0 Å². The van der Waals surface area contributed by atoms with E-state index in [-0.39, 0.29) is 0 Å². The van der Waals surface area contributed by atoms with Gasteiger partial charge >= 0.3 is 0 Å². The molecule has 28 heavy (non-hydrogen) atoms. The molecule has 1 aliphatic carbocycles. The molecule has 0 N–H and O–H groups in total. The molecule has 0 spiro atoms. The molecule has 2 aromatic rings. The summed E-state index contributed by atoms with van der Waals surface area (Å²) >= 11 is 0. The predicted octanol–water partition coefficient (Wildman–Crippen LogP) is 4.07. The Hall–Kier alpha value is -1.88. The first kappa shape index (κ1) is 18.2. The number of hydrogen-bond acceptors (Lipinski definition) is 5. The van der Waals surface area contributed by atoms with Gasteiger partial charge in [-0.25, -0.2) is 4.98 Å². The van der Waals surface area contributed by atoms with E-state index in [1.807, 2.05) is 0 Å². The van der Waals surface area contributed by atoms with Crippen LogP contribution in [0.25, 0.3) is 10.9 Å². The summed E-state index contributed by atoms with van der Waals surface area (Å²) in [5.74, 6) is 2.08. The quantitative estimate of drug-likeness (QED) is 0.803. The Balaban J connectivity index is 1.37. The molecule has 1 aromatic heterocycles. The van der Waals surface area contributed by atoms with E-state index in [2.05, 4.69) is 39.0 Å². The largest absolute Gasteiger partial charge is 0.356 e. The van der Waals surface area contributed by atoms with E-state index in [9.17, 15) is 0 Å². The van der Waals surface area contributed by atoms with E-state index < -0.39 is 0 Å². The lowest BCUT2D eigenvalue weighted by molar-refractivity contribution is 0.147. The molecule has 5 rings (SSSR count). The van der Waals surface area contributed by atoms with Crippen LogP contribution in [0.2, 0.25) is 0 Å². The highest BCUT2D eigenvalue weighted by atomic mass is 15.3. The maximum atomic E-state index is 5.11. The van der Waals surface area contributed by atoms with E-state index in [1.54, 1.807) is 0 Å². The van der Waals surface area contributed by atoms with Gasteiger partial charge in [-0.1, -0.05) is 31.4 Å². The van der Waals surface area contributed by atoms with Crippen LogP contribution in [0.5, 0.6) is 0 Å². The van der Waals surface area contributed by atoms with Crippen LogP contribution in [0.3, 0.4) is 0 Å². The molecule has 0 amide bonds. The third-order valence-corrected chi connectivity index (χ3v) is 6.92. The van der Waals surface area contributed by atoms with Crippen molar-refractivity contribution in [3.63, 3.8) is 0 Å². The summed E-state index contributed by atoms with van der Waals surface area (Å²) in [5, 5.41) is 1.20. The third-order valence-electron chi connectivity index (χ3n) is 6.92. The number of nitrogens with zero attached hydrogens (tertiary/aromatic N) is 5. The number of aromatic nitrogens is 2. The average molecular weight is 380 g/mol. The van der Waals surface area contributed by atoms with Crippen molar-refractivity contribution >= 4 is 22.7 Å². The number of rotatable bonds is 3. The Bertz CT molecular complexity index is 787. The van der Waals surface area contributed by atoms with E-state index in [0.29, 0.717) is 0 Å². The van der Waals surface area contributed by atoms with Crippen LogP contribution in [0.4, 0.5) is 11.8 Å². The first-order valence-electron chi connectivity index (χ1n) is 11.4. The molecule has 5 heteroatoms. The van der Waals surface area contributed by atoms with Gasteiger partial charge in [0.05, 0.1) is 5.52 Å². The van der Waals surface area contributed by atoms with Crippen molar-refractivity contribution in [3.8, 4) is 0 Å². The van der Waals surface area contributed by atoms with Gasteiger partial charge in [0, 0.05) is 50.7 Å². The summed E-state index contributed by atoms with van der Waals surface area (Å²) in [6, 6.07) is 9.36. The number of anilines is 2. The minimum Gasteiger partial charge on any atom is -0.356 e. The zero-order chi connectivity index (χ0) is 18.8. The standard InChI is InChI=1S/C23H33N5/c1-3-9-19(10-4-1)26-15-17-28(18-16-26)23-24-21-12-6-5-11-20(21)22(25-23)27-13-7-2-8-14-27/h5-6,11-12,19H,1-4,7-10,13-18H2. The molecule has 2 saturated heterocycles. The minimum atomic E-state index is 0.817. The lowest BCUT2D eigenvalue weighted by Gasteiger charge is -2.41. The number of piperazine rings is 1. The Morgan fingerprint density at radius 1 is 0.679 bits per heavy atom. The van der Waals surface area contributed by atoms with Crippen LogP contribution in [0, 0.1) is 0 Å². The van der Waals surface area contributed by atoms with Crippen molar-refractivity contribution in [3.05, 3.63) is 24.3 Å². The van der Waals surface area contributed by atoms with E-state index in [0.717, 1.165) is 62.6 Å². The summed E-state index contributed by atoms with van der Waals surface area (Å²) < 4.78 is 0. The molecule has 0 radical (unpaired) electrons. The van der Waals surface area contributed by atoms with Crippen LogP contribution in [-0.2, 0) is 0 Å². The lowest BCUT2D eigenvalue weighted by atomic mass is 9.94. The number of piperidine rings is 1. The van der Waals surface area contributed by atoms with Gasteiger partial charge in [-0.2, -0.15) is 4.98 Å². The molecule has 1 saturated carbocycles. The monoisotopic (exact) mass is 379 g/mol. The molecule has 3 fully saturated rings. The second-order valence-corrected chi connectivity index (χ2v) is 8.73. The highest BCUT2D eigenvalue weighted by Crippen LogP contribution is 2.30. The highest BCUT2D eigenvalue weighted by Gasteiger charge is 2.27. The Morgan fingerprint density at radius 2 is 1.39 bits per heavy atom. The molecule has 3 heterocycles. The van der Waals surface area contributed by atoms with Gasteiger partial charge in [0.2, 0.25) is 5.95 Å². The number of hydrogen-bond donors (Lipinski definition) is 0. The topological polar surface area (TPSA) is 35.5 Å². The van der Waals surface area contributed by atoms with E-state index >= 15 is 0 Å². The average Bonchev–Trinajstić information content (AvgIpc) is 2.79. The van der Waals surface area contributed by atoms with Crippen LogP contribution in [0.15, 0.2) is 24.3 Å². The number of fused-ring (bicyclic) bond motifs is 1. The molecule has 5 nitrogen and oxygen atoms in total. The van der Waals surface area contributed by atoms with E-state index in [4.69, 9.17) is 9.97 Å².